The summed E-state index contributed by atoms with van der Waals surface area (Å²) in [4.78, 5) is 12.3. The number of rotatable bonds is 19. The summed E-state index contributed by atoms with van der Waals surface area (Å²) in [7, 11) is 0. The van der Waals surface area contributed by atoms with Gasteiger partial charge in [0.2, 0.25) is 11.8 Å². The van der Waals surface area contributed by atoms with Gasteiger partial charge in [0.1, 0.15) is 5.82 Å². The molecule has 2 aliphatic carbocycles. The number of ether oxygens (including phenoxy) is 1. The van der Waals surface area contributed by atoms with Crippen LogP contribution >= 0.6 is 0 Å². The predicted molar refractivity (Wildman–Crippen MR) is 153 cm³/mol. The highest BCUT2D eigenvalue weighted by Gasteiger charge is 2.50. The van der Waals surface area contributed by atoms with Gasteiger partial charge in [-0.2, -0.15) is 9.37 Å². The molecule has 2 aliphatic rings. The van der Waals surface area contributed by atoms with Crippen molar-refractivity contribution in [2.24, 2.45) is 5.92 Å². The Morgan fingerprint density at radius 3 is 2.20 bits per heavy atom. The summed E-state index contributed by atoms with van der Waals surface area (Å²) in [5.74, 6) is -4.63. The van der Waals surface area contributed by atoms with Gasteiger partial charge in [-0.1, -0.05) is 96.8 Å². The Morgan fingerprint density at radius 1 is 0.850 bits per heavy atom. The van der Waals surface area contributed by atoms with Crippen molar-refractivity contribution in [3.05, 3.63) is 46.9 Å². The molecule has 0 radical (unpaired) electrons. The van der Waals surface area contributed by atoms with Gasteiger partial charge in [-0.3, -0.25) is 0 Å². The Morgan fingerprint density at radius 2 is 1.50 bits per heavy atom. The van der Waals surface area contributed by atoms with E-state index >= 15 is 8.78 Å². The van der Waals surface area contributed by atoms with Gasteiger partial charge >= 0.3 is 0 Å². The first-order valence-corrected chi connectivity index (χ1v) is 16.0. The van der Waals surface area contributed by atoms with Gasteiger partial charge in [-0.15, -0.1) is 0 Å². The van der Waals surface area contributed by atoms with Gasteiger partial charge in [-0.05, 0) is 49.1 Å². The standard InChI is InChI=1S/C33H48F3N3O/c1-2-3-4-5-11-14-21-40-29-22-27-19-20-28(33(35,36)30(27)31(34)39-29)32-37-23-26(24-38-32)16-13-10-8-6-7-9-12-15-25-17-18-25/h22-25,28H,2-21H2,1H3. The van der Waals surface area contributed by atoms with Gasteiger partial charge in [0.15, 0.2) is 0 Å². The van der Waals surface area contributed by atoms with Gasteiger partial charge < -0.3 is 4.74 Å². The first-order valence-electron chi connectivity index (χ1n) is 16.0. The van der Waals surface area contributed by atoms with E-state index in [-0.39, 0.29) is 23.7 Å². The van der Waals surface area contributed by atoms with Crippen LogP contribution in [0.25, 0.3) is 0 Å². The minimum atomic E-state index is -3.43. The Bertz CT molecular complexity index is 1030. The second-order valence-corrected chi connectivity index (χ2v) is 12.0. The van der Waals surface area contributed by atoms with E-state index in [9.17, 15) is 4.39 Å². The van der Waals surface area contributed by atoms with E-state index in [0.29, 0.717) is 13.0 Å². The number of aryl methyl sites for hydroxylation is 2. The van der Waals surface area contributed by atoms with Crippen molar-refractivity contribution in [2.45, 2.75) is 141 Å². The number of pyridine rings is 1. The van der Waals surface area contributed by atoms with E-state index in [1.54, 1.807) is 12.4 Å². The molecule has 1 fully saturated rings. The molecule has 0 amide bonds. The molecule has 2 aromatic heterocycles. The van der Waals surface area contributed by atoms with Crippen LogP contribution in [0.3, 0.4) is 0 Å². The zero-order chi connectivity index (χ0) is 28.2. The van der Waals surface area contributed by atoms with Crippen LogP contribution in [-0.2, 0) is 18.8 Å². The maximum atomic E-state index is 15.5. The molecule has 40 heavy (non-hydrogen) atoms. The highest BCUT2D eigenvalue weighted by Crippen LogP contribution is 2.49. The van der Waals surface area contributed by atoms with Crippen molar-refractivity contribution in [2.75, 3.05) is 6.61 Å². The number of alkyl halides is 2. The molecule has 0 N–H and O–H groups in total. The highest BCUT2D eigenvalue weighted by atomic mass is 19.3. The third-order valence-corrected chi connectivity index (χ3v) is 8.57. The van der Waals surface area contributed by atoms with Crippen LogP contribution in [0.15, 0.2) is 18.5 Å². The number of hydrogen-bond acceptors (Lipinski definition) is 4. The number of hydrogen-bond donors (Lipinski definition) is 0. The van der Waals surface area contributed by atoms with Crippen molar-refractivity contribution < 1.29 is 17.9 Å². The molecule has 1 unspecified atom stereocenters. The van der Waals surface area contributed by atoms with E-state index in [1.165, 1.54) is 83.1 Å². The lowest BCUT2D eigenvalue weighted by molar-refractivity contribution is -0.0501. The molecule has 0 aliphatic heterocycles. The van der Waals surface area contributed by atoms with Crippen LogP contribution in [0.1, 0.15) is 145 Å². The summed E-state index contributed by atoms with van der Waals surface area (Å²) >= 11 is 0. The Balaban J connectivity index is 1.21. The topological polar surface area (TPSA) is 47.9 Å². The largest absolute Gasteiger partial charge is 0.478 e. The normalized spacial score (nSPS) is 18.1. The van der Waals surface area contributed by atoms with E-state index < -0.39 is 23.4 Å². The second-order valence-electron chi connectivity index (χ2n) is 12.0. The minimum absolute atomic E-state index is 0.0772. The average molecular weight is 560 g/mol. The molecule has 1 saturated carbocycles. The monoisotopic (exact) mass is 559 g/mol. The maximum Gasteiger partial charge on any atom is 0.287 e. The fourth-order valence-corrected chi connectivity index (χ4v) is 5.89. The molecule has 4 nitrogen and oxygen atoms in total. The molecule has 2 aromatic rings. The zero-order valence-corrected chi connectivity index (χ0v) is 24.4. The van der Waals surface area contributed by atoms with Crippen LogP contribution in [0.5, 0.6) is 5.88 Å². The van der Waals surface area contributed by atoms with Gasteiger partial charge in [0.25, 0.3) is 5.92 Å². The van der Waals surface area contributed by atoms with Crippen LogP contribution < -0.4 is 4.74 Å². The van der Waals surface area contributed by atoms with Crippen molar-refractivity contribution in [1.29, 1.82) is 0 Å². The fraction of sp³-hybridized carbons (Fsp3) is 0.727. The summed E-state index contributed by atoms with van der Waals surface area (Å²) in [6, 6.07) is 1.48. The first-order chi connectivity index (χ1) is 19.5. The number of halogens is 3. The van der Waals surface area contributed by atoms with Crippen molar-refractivity contribution in [3.63, 3.8) is 0 Å². The number of unbranched alkanes of at least 4 members (excludes halogenated alkanes) is 11. The number of nitrogens with zero attached hydrogens (tertiary/aromatic N) is 3. The summed E-state index contributed by atoms with van der Waals surface area (Å²) in [5.41, 5.74) is 0.606. The smallest absolute Gasteiger partial charge is 0.287 e. The lowest BCUT2D eigenvalue weighted by Crippen LogP contribution is -2.33. The summed E-state index contributed by atoms with van der Waals surface area (Å²) in [5, 5.41) is 0. The van der Waals surface area contributed by atoms with Gasteiger partial charge in [0.05, 0.1) is 18.1 Å². The molecule has 222 valence electrons. The summed E-state index contributed by atoms with van der Waals surface area (Å²) in [6.45, 7) is 2.59. The molecule has 7 heteroatoms. The lowest BCUT2D eigenvalue weighted by Gasteiger charge is -2.32. The van der Waals surface area contributed by atoms with E-state index in [4.69, 9.17) is 4.74 Å². The maximum absolute atomic E-state index is 15.5. The van der Waals surface area contributed by atoms with Gasteiger partial charge in [0, 0.05) is 18.5 Å². The SMILES string of the molecule is CCCCCCCCOc1cc2c(c(F)n1)C(F)(F)C(c1ncc(CCCCCCCCCC3CC3)cn1)CC2. The first kappa shape index (κ1) is 30.8. The quantitative estimate of drug-likeness (QED) is 0.127. The van der Waals surface area contributed by atoms with Crippen LogP contribution in [0.2, 0.25) is 0 Å². The third-order valence-electron chi connectivity index (χ3n) is 8.57. The van der Waals surface area contributed by atoms with Crippen LogP contribution in [0, 0.1) is 11.9 Å². The molecule has 0 saturated heterocycles. The van der Waals surface area contributed by atoms with Gasteiger partial charge in [-0.25, -0.2) is 18.7 Å². The Labute approximate surface area is 239 Å². The third kappa shape index (κ3) is 9.17. The molecule has 0 spiro atoms. The molecular formula is C33H48F3N3O. The van der Waals surface area contributed by atoms with Crippen LogP contribution in [-0.4, -0.2) is 21.6 Å². The fourth-order valence-electron chi connectivity index (χ4n) is 5.89. The molecule has 4 rings (SSSR count). The highest BCUT2D eigenvalue weighted by molar-refractivity contribution is 5.38. The van der Waals surface area contributed by atoms with E-state index in [2.05, 4.69) is 21.9 Å². The minimum Gasteiger partial charge on any atom is -0.478 e. The Hall–Kier alpha value is -2.18. The molecular weight excluding hydrogens is 511 g/mol. The van der Waals surface area contributed by atoms with Crippen LogP contribution in [0.4, 0.5) is 13.2 Å². The Kier molecular flexibility index (Phi) is 12.1. The summed E-state index contributed by atoms with van der Waals surface area (Å²) < 4.78 is 51.6. The van der Waals surface area contributed by atoms with E-state index in [1.807, 2.05) is 0 Å². The molecule has 0 bridgehead atoms. The molecule has 2 heterocycles. The number of fused-ring (bicyclic) bond motifs is 1. The lowest BCUT2D eigenvalue weighted by atomic mass is 9.80. The summed E-state index contributed by atoms with van der Waals surface area (Å²) in [6.07, 6.45) is 24.4. The predicted octanol–water partition coefficient (Wildman–Crippen LogP) is 9.65. The molecule has 1 atom stereocenters. The average Bonchev–Trinajstić information content (AvgIpc) is 3.76. The number of aromatic nitrogens is 3. The molecule has 0 aromatic carbocycles. The van der Waals surface area contributed by atoms with E-state index in [0.717, 1.165) is 43.6 Å². The van der Waals surface area contributed by atoms with Crippen molar-refractivity contribution >= 4 is 0 Å². The second kappa shape index (κ2) is 15.7. The zero-order valence-electron chi connectivity index (χ0n) is 24.4. The van der Waals surface area contributed by atoms with Crippen molar-refractivity contribution in [3.8, 4) is 5.88 Å². The van der Waals surface area contributed by atoms with Crippen molar-refractivity contribution in [1.82, 2.24) is 15.0 Å².